The molecule has 0 heterocycles. The topological polar surface area (TPSA) is 64.3 Å². The van der Waals surface area contributed by atoms with Crippen LogP contribution >= 0.6 is 0 Å². The quantitative estimate of drug-likeness (QED) is 0.839. The summed E-state index contributed by atoms with van der Waals surface area (Å²) in [4.78, 5) is 11.7. The lowest BCUT2D eigenvalue weighted by molar-refractivity contribution is 0.0516. The Morgan fingerprint density at radius 3 is 2.27 bits per heavy atom. The summed E-state index contributed by atoms with van der Waals surface area (Å²) in [6.45, 7) is 6.47. The van der Waals surface area contributed by atoms with Crippen LogP contribution in [-0.2, 0) is 10.2 Å². The third kappa shape index (κ3) is 4.37. The molecule has 1 unspecified atom stereocenters. The first kappa shape index (κ1) is 18.3. The number of benzene rings is 1. The van der Waals surface area contributed by atoms with Crippen LogP contribution in [-0.4, -0.2) is 24.8 Å². The molecule has 0 spiro atoms. The summed E-state index contributed by atoms with van der Waals surface area (Å²) >= 11 is 0. The van der Waals surface area contributed by atoms with E-state index in [4.69, 9.17) is 10.5 Å². The smallest absolute Gasteiger partial charge is 0.407 e. The highest BCUT2D eigenvalue weighted by Gasteiger charge is 2.31. The third-order valence-electron chi connectivity index (χ3n) is 3.16. The second-order valence-electron chi connectivity index (χ2n) is 6.34. The Morgan fingerprint density at radius 1 is 1.18 bits per heavy atom. The Kier molecular flexibility index (Phi) is 5.45. The van der Waals surface area contributed by atoms with Gasteiger partial charge < -0.3 is 15.8 Å². The van der Waals surface area contributed by atoms with Gasteiger partial charge in [0.15, 0.2) is 17.5 Å². The lowest BCUT2D eigenvalue weighted by Crippen LogP contribution is -2.45. The van der Waals surface area contributed by atoms with E-state index in [9.17, 15) is 18.0 Å². The van der Waals surface area contributed by atoms with Crippen LogP contribution in [0, 0.1) is 17.5 Å². The predicted molar refractivity (Wildman–Crippen MR) is 77.0 cm³/mol. The molecule has 0 aliphatic carbocycles. The highest BCUT2D eigenvalue weighted by atomic mass is 19.2. The van der Waals surface area contributed by atoms with Crippen LogP contribution in [0.2, 0.25) is 0 Å². The molecule has 22 heavy (non-hydrogen) atoms. The molecule has 4 nitrogen and oxygen atoms in total. The Labute approximate surface area is 127 Å². The number of nitrogens with one attached hydrogen (secondary N) is 1. The van der Waals surface area contributed by atoms with E-state index >= 15 is 0 Å². The molecule has 1 rings (SSSR count). The largest absolute Gasteiger partial charge is 0.444 e. The van der Waals surface area contributed by atoms with Gasteiger partial charge in [-0.1, -0.05) is 13.0 Å². The summed E-state index contributed by atoms with van der Waals surface area (Å²) in [6.07, 6.45) is -0.699. The zero-order chi connectivity index (χ0) is 17.1. The highest BCUT2D eigenvalue weighted by Crippen LogP contribution is 2.27. The van der Waals surface area contributed by atoms with Crippen molar-refractivity contribution in [2.75, 3.05) is 13.1 Å². The van der Waals surface area contributed by atoms with Crippen molar-refractivity contribution >= 4 is 6.09 Å². The molecule has 1 atom stereocenters. The highest BCUT2D eigenvalue weighted by molar-refractivity contribution is 5.67. The Balaban J connectivity index is 2.94. The summed E-state index contributed by atoms with van der Waals surface area (Å²) in [7, 11) is 0. The first-order chi connectivity index (χ1) is 10.00. The molecule has 0 aliphatic rings. The molecule has 3 N–H and O–H groups in total. The lowest BCUT2D eigenvalue weighted by atomic mass is 9.82. The zero-order valence-corrected chi connectivity index (χ0v) is 13.1. The van der Waals surface area contributed by atoms with Crippen molar-refractivity contribution in [2.24, 2.45) is 5.73 Å². The molecule has 0 aliphatic heterocycles. The van der Waals surface area contributed by atoms with Gasteiger partial charge >= 0.3 is 6.09 Å². The number of carbonyl (C=O) groups excluding carboxylic acids is 1. The fourth-order valence-electron chi connectivity index (χ4n) is 1.85. The summed E-state index contributed by atoms with van der Waals surface area (Å²) in [5, 5.41) is 2.47. The van der Waals surface area contributed by atoms with Gasteiger partial charge in [-0.15, -0.1) is 0 Å². The van der Waals surface area contributed by atoms with Crippen molar-refractivity contribution in [3.05, 3.63) is 35.1 Å². The van der Waals surface area contributed by atoms with E-state index in [1.165, 1.54) is 0 Å². The fraction of sp³-hybridized carbons (Fsp3) is 0.533. The molecule has 124 valence electrons. The number of carbonyl (C=O) groups is 1. The second-order valence-corrected chi connectivity index (χ2v) is 6.34. The zero-order valence-electron chi connectivity index (χ0n) is 13.1. The van der Waals surface area contributed by atoms with Gasteiger partial charge in [0.2, 0.25) is 0 Å². The van der Waals surface area contributed by atoms with Crippen LogP contribution in [0.4, 0.5) is 18.0 Å². The number of rotatable bonds is 4. The van der Waals surface area contributed by atoms with Gasteiger partial charge in [-0.3, -0.25) is 0 Å². The van der Waals surface area contributed by atoms with Gasteiger partial charge in [0.05, 0.1) is 0 Å². The van der Waals surface area contributed by atoms with Gasteiger partial charge in [-0.2, -0.15) is 0 Å². The van der Waals surface area contributed by atoms with Crippen LogP contribution < -0.4 is 11.1 Å². The van der Waals surface area contributed by atoms with Crippen molar-refractivity contribution in [1.82, 2.24) is 5.32 Å². The summed E-state index contributed by atoms with van der Waals surface area (Å²) in [5.41, 5.74) is 3.74. The molecular formula is C15H21F3N2O2. The number of amides is 1. The molecule has 7 heteroatoms. The number of halogens is 3. The molecule has 0 radical (unpaired) electrons. The molecule has 0 aromatic heterocycles. The van der Waals surface area contributed by atoms with E-state index in [0.29, 0.717) is 0 Å². The number of nitrogens with two attached hydrogens (primary N) is 1. The molecule has 0 fully saturated rings. The molecule has 0 saturated heterocycles. The van der Waals surface area contributed by atoms with E-state index in [-0.39, 0.29) is 18.7 Å². The maximum absolute atomic E-state index is 13.9. The fourth-order valence-corrected chi connectivity index (χ4v) is 1.85. The predicted octanol–water partition coefficient (Wildman–Crippen LogP) is 2.84. The normalized spacial score (nSPS) is 14.4. The molecule has 0 saturated carbocycles. The number of hydrogen-bond donors (Lipinski definition) is 2. The van der Waals surface area contributed by atoms with Crippen LogP contribution in [0.1, 0.15) is 33.3 Å². The average molecular weight is 318 g/mol. The monoisotopic (exact) mass is 318 g/mol. The summed E-state index contributed by atoms with van der Waals surface area (Å²) in [6, 6.07) is 1.95. The average Bonchev–Trinajstić information content (AvgIpc) is 2.40. The molecule has 1 aromatic rings. The van der Waals surface area contributed by atoms with E-state index < -0.39 is 34.6 Å². The Morgan fingerprint density at radius 2 is 1.77 bits per heavy atom. The SMILES string of the molecule is CC(C)(C)OC(=O)NCC(C)(CN)c1ccc(F)c(F)c1F. The van der Waals surface area contributed by atoms with Crippen molar-refractivity contribution in [3.8, 4) is 0 Å². The number of ether oxygens (including phenoxy) is 1. The van der Waals surface area contributed by atoms with Crippen molar-refractivity contribution in [2.45, 2.75) is 38.7 Å². The standard InChI is InChI=1S/C15H21F3N2O2/c1-14(2,3)22-13(21)20-8-15(4,7-19)9-5-6-10(16)12(18)11(9)17/h5-6H,7-8,19H2,1-4H3,(H,20,21). The molecule has 1 amide bonds. The lowest BCUT2D eigenvalue weighted by Gasteiger charge is -2.30. The minimum absolute atomic E-state index is 0.0786. The van der Waals surface area contributed by atoms with Crippen LogP contribution in [0.5, 0.6) is 0 Å². The number of alkyl carbamates (subject to hydrolysis) is 1. The van der Waals surface area contributed by atoms with Crippen LogP contribution in [0.15, 0.2) is 12.1 Å². The van der Waals surface area contributed by atoms with E-state index in [1.54, 1.807) is 27.7 Å². The van der Waals surface area contributed by atoms with Crippen molar-refractivity contribution in [1.29, 1.82) is 0 Å². The van der Waals surface area contributed by atoms with Crippen molar-refractivity contribution < 1.29 is 22.7 Å². The molecule has 0 bridgehead atoms. The van der Waals surface area contributed by atoms with Crippen molar-refractivity contribution in [3.63, 3.8) is 0 Å². The van der Waals surface area contributed by atoms with E-state index in [0.717, 1.165) is 12.1 Å². The van der Waals surface area contributed by atoms with Gasteiger partial charge in [0.1, 0.15) is 5.60 Å². The van der Waals surface area contributed by atoms with E-state index in [2.05, 4.69) is 5.32 Å². The summed E-state index contributed by atoms with van der Waals surface area (Å²) in [5.74, 6) is -4.14. The van der Waals surface area contributed by atoms with Crippen LogP contribution in [0.3, 0.4) is 0 Å². The Hall–Kier alpha value is -1.76. The maximum atomic E-state index is 13.9. The minimum Gasteiger partial charge on any atom is -0.444 e. The number of hydrogen-bond acceptors (Lipinski definition) is 3. The van der Waals surface area contributed by atoms with E-state index in [1.807, 2.05) is 0 Å². The minimum atomic E-state index is -1.56. The summed E-state index contributed by atoms with van der Waals surface area (Å²) < 4.78 is 45.4. The molecular weight excluding hydrogens is 297 g/mol. The first-order valence-electron chi connectivity index (χ1n) is 6.81. The third-order valence-corrected chi connectivity index (χ3v) is 3.16. The van der Waals surface area contributed by atoms with Gasteiger partial charge in [-0.05, 0) is 26.8 Å². The second kappa shape index (κ2) is 6.56. The van der Waals surface area contributed by atoms with Gasteiger partial charge in [-0.25, -0.2) is 18.0 Å². The Bertz CT molecular complexity index is 558. The first-order valence-corrected chi connectivity index (χ1v) is 6.81. The van der Waals surface area contributed by atoms with Gasteiger partial charge in [0.25, 0.3) is 0 Å². The van der Waals surface area contributed by atoms with Crippen LogP contribution in [0.25, 0.3) is 0 Å². The van der Waals surface area contributed by atoms with Gasteiger partial charge in [0, 0.05) is 24.1 Å². The molecule has 1 aromatic carbocycles. The maximum Gasteiger partial charge on any atom is 0.407 e.